The Morgan fingerprint density at radius 2 is 1.58 bits per heavy atom. The van der Waals surface area contributed by atoms with Crippen LogP contribution in [0.5, 0.6) is 0 Å². The number of hydrogen-bond donors (Lipinski definition) is 0. The van der Waals surface area contributed by atoms with Gasteiger partial charge in [0.15, 0.2) is 5.78 Å². The quantitative estimate of drug-likeness (QED) is 0.195. The highest BCUT2D eigenvalue weighted by Gasteiger charge is 2.18. The molecule has 3 heteroatoms. The molecule has 0 fully saturated rings. The zero-order chi connectivity index (χ0) is 18.4. The molecule has 1 heterocycles. The van der Waals surface area contributed by atoms with Crippen molar-refractivity contribution >= 4 is 39.3 Å². The lowest BCUT2D eigenvalue weighted by atomic mass is 10.0. The standard InChI is InChI=1S/C23H26INO/c1-2-3-4-5-6-11-16-25-17-20(18-12-8-10-15-22(18)25)23(26)19-13-7-9-14-21(19)24/h7-10,12-15,17H,2-6,11,16H2,1H3. The van der Waals surface area contributed by atoms with Gasteiger partial charge in [0.1, 0.15) is 0 Å². The molecule has 0 amide bonds. The molecular weight excluding hydrogens is 433 g/mol. The van der Waals surface area contributed by atoms with Gasteiger partial charge in [0.25, 0.3) is 0 Å². The first-order valence-electron chi connectivity index (χ1n) is 9.59. The highest BCUT2D eigenvalue weighted by Crippen LogP contribution is 2.26. The molecular formula is C23H26INO. The summed E-state index contributed by atoms with van der Waals surface area (Å²) in [4.78, 5) is 13.1. The Labute approximate surface area is 169 Å². The first kappa shape index (κ1) is 19.2. The van der Waals surface area contributed by atoms with Crippen LogP contribution in [0.2, 0.25) is 0 Å². The van der Waals surface area contributed by atoms with E-state index in [1.807, 2.05) is 30.3 Å². The number of para-hydroxylation sites is 1. The number of carbonyl (C=O) groups is 1. The minimum absolute atomic E-state index is 0.118. The summed E-state index contributed by atoms with van der Waals surface area (Å²) in [5, 5.41) is 1.06. The van der Waals surface area contributed by atoms with Crippen molar-refractivity contribution in [2.45, 2.75) is 52.0 Å². The Morgan fingerprint density at radius 1 is 0.885 bits per heavy atom. The van der Waals surface area contributed by atoms with Crippen LogP contribution in [-0.4, -0.2) is 10.4 Å². The fourth-order valence-corrected chi connectivity index (χ4v) is 4.10. The molecule has 2 nitrogen and oxygen atoms in total. The Kier molecular flexibility index (Phi) is 6.89. The third kappa shape index (κ3) is 4.37. The van der Waals surface area contributed by atoms with Gasteiger partial charge in [-0.2, -0.15) is 0 Å². The topological polar surface area (TPSA) is 22.0 Å². The van der Waals surface area contributed by atoms with Gasteiger partial charge in [-0.3, -0.25) is 4.79 Å². The summed E-state index contributed by atoms with van der Waals surface area (Å²) in [5.74, 6) is 0.118. The third-order valence-corrected chi connectivity index (χ3v) is 5.84. The van der Waals surface area contributed by atoms with E-state index >= 15 is 0 Å². The van der Waals surface area contributed by atoms with E-state index in [0.29, 0.717) is 0 Å². The summed E-state index contributed by atoms with van der Waals surface area (Å²) in [6.07, 6.45) is 9.74. The smallest absolute Gasteiger partial charge is 0.196 e. The van der Waals surface area contributed by atoms with Gasteiger partial charge in [-0.1, -0.05) is 69.4 Å². The molecule has 0 radical (unpaired) electrons. The van der Waals surface area contributed by atoms with E-state index in [0.717, 1.165) is 32.1 Å². The molecule has 0 aliphatic heterocycles. The summed E-state index contributed by atoms with van der Waals surface area (Å²) in [7, 11) is 0. The van der Waals surface area contributed by atoms with Gasteiger partial charge < -0.3 is 4.57 Å². The summed E-state index contributed by atoms with van der Waals surface area (Å²) in [6, 6.07) is 16.1. The largest absolute Gasteiger partial charge is 0.347 e. The molecule has 1 aromatic heterocycles. The monoisotopic (exact) mass is 459 g/mol. The molecule has 0 bridgehead atoms. The Bertz CT molecular complexity index is 881. The molecule has 3 rings (SSSR count). The van der Waals surface area contributed by atoms with Gasteiger partial charge in [0, 0.05) is 38.3 Å². The molecule has 0 saturated carbocycles. The third-order valence-electron chi connectivity index (χ3n) is 4.90. The minimum atomic E-state index is 0.118. The van der Waals surface area contributed by atoms with E-state index < -0.39 is 0 Å². The fraction of sp³-hybridized carbons (Fsp3) is 0.348. The van der Waals surface area contributed by atoms with Gasteiger partial charge in [0.2, 0.25) is 0 Å². The molecule has 0 atom stereocenters. The molecule has 0 unspecified atom stereocenters. The molecule has 0 aliphatic carbocycles. The number of nitrogens with zero attached hydrogens (tertiary/aromatic N) is 1. The second-order valence-electron chi connectivity index (χ2n) is 6.83. The highest BCUT2D eigenvalue weighted by molar-refractivity contribution is 14.1. The zero-order valence-electron chi connectivity index (χ0n) is 15.4. The molecule has 2 aromatic carbocycles. The van der Waals surface area contributed by atoms with Crippen molar-refractivity contribution in [2.24, 2.45) is 0 Å². The van der Waals surface area contributed by atoms with E-state index in [4.69, 9.17) is 0 Å². The molecule has 0 aliphatic rings. The second kappa shape index (κ2) is 9.36. The summed E-state index contributed by atoms with van der Waals surface area (Å²) < 4.78 is 3.26. The lowest BCUT2D eigenvalue weighted by Crippen LogP contribution is -2.03. The van der Waals surface area contributed by atoms with Crippen LogP contribution in [0.15, 0.2) is 54.7 Å². The average Bonchev–Trinajstić information content (AvgIpc) is 3.03. The van der Waals surface area contributed by atoms with E-state index in [9.17, 15) is 4.79 Å². The van der Waals surface area contributed by atoms with Crippen LogP contribution >= 0.6 is 22.6 Å². The molecule has 0 N–H and O–H groups in total. The maximum absolute atomic E-state index is 13.1. The van der Waals surface area contributed by atoms with E-state index in [2.05, 4.69) is 58.5 Å². The van der Waals surface area contributed by atoms with Crippen LogP contribution < -0.4 is 0 Å². The summed E-state index contributed by atoms with van der Waals surface area (Å²) in [6.45, 7) is 3.23. The van der Waals surface area contributed by atoms with Gasteiger partial charge in [0.05, 0.1) is 0 Å². The van der Waals surface area contributed by atoms with Crippen molar-refractivity contribution in [3.63, 3.8) is 0 Å². The first-order valence-corrected chi connectivity index (χ1v) is 10.7. The number of rotatable bonds is 9. The molecule has 3 aromatic rings. The van der Waals surface area contributed by atoms with Crippen LogP contribution in [0.3, 0.4) is 0 Å². The van der Waals surface area contributed by atoms with Crippen LogP contribution in [0.1, 0.15) is 61.4 Å². The maximum atomic E-state index is 13.1. The normalized spacial score (nSPS) is 11.2. The van der Waals surface area contributed by atoms with Crippen LogP contribution in [0.25, 0.3) is 10.9 Å². The minimum Gasteiger partial charge on any atom is -0.347 e. The van der Waals surface area contributed by atoms with Gasteiger partial charge in [-0.15, -0.1) is 0 Å². The fourth-order valence-electron chi connectivity index (χ4n) is 3.47. The number of benzene rings is 2. The maximum Gasteiger partial charge on any atom is 0.196 e. The first-order chi connectivity index (χ1) is 12.7. The number of aryl methyl sites for hydroxylation is 1. The Hall–Kier alpha value is -1.62. The molecule has 136 valence electrons. The second-order valence-corrected chi connectivity index (χ2v) is 7.99. The Morgan fingerprint density at radius 3 is 2.38 bits per heavy atom. The van der Waals surface area contributed by atoms with Crippen molar-refractivity contribution in [1.82, 2.24) is 4.57 Å². The predicted octanol–water partition coefficient (Wildman–Crippen LogP) is 6.84. The number of halogens is 1. The molecule has 0 spiro atoms. The summed E-state index contributed by atoms with van der Waals surface area (Å²) in [5.41, 5.74) is 2.77. The predicted molar refractivity (Wildman–Crippen MR) is 118 cm³/mol. The average molecular weight is 459 g/mol. The van der Waals surface area contributed by atoms with Crippen LogP contribution in [0, 0.1) is 3.57 Å². The molecule has 26 heavy (non-hydrogen) atoms. The SMILES string of the molecule is CCCCCCCCn1cc(C(=O)c2ccccc2I)c2ccccc21. The van der Waals surface area contributed by atoms with Gasteiger partial charge >= 0.3 is 0 Å². The van der Waals surface area contributed by atoms with Crippen LogP contribution in [0.4, 0.5) is 0 Å². The van der Waals surface area contributed by atoms with Gasteiger partial charge in [-0.05, 0) is 47.2 Å². The summed E-state index contributed by atoms with van der Waals surface area (Å²) >= 11 is 2.24. The van der Waals surface area contributed by atoms with Crippen LogP contribution in [-0.2, 0) is 6.54 Å². The van der Waals surface area contributed by atoms with Crippen molar-refractivity contribution in [1.29, 1.82) is 0 Å². The number of carbonyl (C=O) groups excluding carboxylic acids is 1. The number of fused-ring (bicyclic) bond motifs is 1. The van der Waals surface area contributed by atoms with Crippen molar-refractivity contribution < 1.29 is 4.79 Å². The van der Waals surface area contributed by atoms with E-state index in [-0.39, 0.29) is 5.78 Å². The van der Waals surface area contributed by atoms with Crippen molar-refractivity contribution in [2.75, 3.05) is 0 Å². The van der Waals surface area contributed by atoms with Crippen molar-refractivity contribution in [3.05, 3.63) is 69.4 Å². The number of aromatic nitrogens is 1. The van der Waals surface area contributed by atoms with Crippen molar-refractivity contribution in [3.8, 4) is 0 Å². The lowest BCUT2D eigenvalue weighted by Gasteiger charge is -2.05. The number of unbranched alkanes of at least 4 members (excludes halogenated alkanes) is 5. The zero-order valence-corrected chi connectivity index (χ0v) is 17.5. The van der Waals surface area contributed by atoms with Gasteiger partial charge in [-0.25, -0.2) is 0 Å². The molecule has 0 saturated heterocycles. The number of hydrogen-bond acceptors (Lipinski definition) is 1. The highest BCUT2D eigenvalue weighted by atomic mass is 127. The van der Waals surface area contributed by atoms with E-state index in [1.54, 1.807) is 0 Å². The lowest BCUT2D eigenvalue weighted by molar-refractivity contribution is 0.103. The number of ketones is 1. The Balaban J connectivity index is 1.81. The van der Waals surface area contributed by atoms with E-state index in [1.165, 1.54) is 38.5 Å².